The van der Waals surface area contributed by atoms with Gasteiger partial charge in [0.2, 0.25) is 0 Å². The van der Waals surface area contributed by atoms with Crippen molar-refractivity contribution in [3.05, 3.63) is 29.8 Å². The number of thioether (sulfide) groups is 1. The van der Waals surface area contributed by atoms with Gasteiger partial charge in [0, 0.05) is 12.2 Å². The minimum Gasteiger partial charge on any atom is -0.395 e. The molecule has 0 radical (unpaired) electrons. The molecule has 0 saturated carbocycles. The molecule has 6 heteroatoms. The predicted octanol–water partition coefficient (Wildman–Crippen LogP) is -0.434. The van der Waals surface area contributed by atoms with E-state index in [1.54, 1.807) is 0 Å². The topological polar surface area (TPSA) is 84.2 Å². The SMILES string of the molecule is OC[C@H]1S[C@@H](N2CCc3ccccc32)[C@H](O)[C@@H](O)[C@@H]1O. The Hall–Kier alpha value is -0.790. The highest BCUT2D eigenvalue weighted by Crippen LogP contribution is 2.40. The van der Waals surface area contributed by atoms with Crippen molar-refractivity contribution in [2.24, 2.45) is 0 Å². The molecule has 110 valence electrons. The number of nitrogens with zero attached hydrogens (tertiary/aromatic N) is 1. The van der Waals surface area contributed by atoms with Crippen molar-refractivity contribution in [1.29, 1.82) is 0 Å². The molecule has 0 bridgehead atoms. The van der Waals surface area contributed by atoms with Crippen LogP contribution in [0.5, 0.6) is 0 Å². The fraction of sp³-hybridized carbons (Fsp3) is 0.571. The van der Waals surface area contributed by atoms with E-state index in [1.807, 2.05) is 18.2 Å². The molecule has 5 atom stereocenters. The summed E-state index contributed by atoms with van der Waals surface area (Å²) in [4.78, 5) is 2.06. The second-order valence-corrected chi connectivity index (χ2v) is 6.65. The molecule has 1 saturated heterocycles. The first-order valence-corrected chi connectivity index (χ1v) is 7.73. The van der Waals surface area contributed by atoms with Gasteiger partial charge in [-0.1, -0.05) is 18.2 Å². The van der Waals surface area contributed by atoms with Crippen molar-refractivity contribution in [2.75, 3.05) is 18.1 Å². The van der Waals surface area contributed by atoms with Gasteiger partial charge in [0.05, 0.1) is 18.0 Å². The average Bonchev–Trinajstić information content (AvgIpc) is 2.89. The molecule has 2 aliphatic heterocycles. The Morgan fingerprint density at radius 1 is 1.10 bits per heavy atom. The molecule has 4 N–H and O–H groups in total. The summed E-state index contributed by atoms with van der Waals surface area (Å²) < 4.78 is 0. The molecule has 5 nitrogen and oxygen atoms in total. The van der Waals surface area contributed by atoms with Crippen LogP contribution in [-0.2, 0) is 6.42 Å². The zero-order valence-electron chi connectivity index (χ0n) is 11.0. The van der Waals surface area contributed by atoms with Gasteiger partial charge in [0.25, 0.3) is 0 Å². The van der Waals surface area contributed by atoms with Crippen molar-refractivity contribution in [2.45, 2.75) is 35.4 Å². The van der Waals surface area contributed by atoms with E-state index in [0.717, 1.165) is 18.7 Å². The first-order chi connectivity index (χ1) is 9.63. The fourth-order valence-corrected chi connectivity index (χ4v) is 4.42. The van der Waals surface area contributed by atoms with E-state index < -0.39 is 23.6 Å². The van der Waals surface area contributed by atoms with Gasteiger partial charge in [-0.25, -0.2) is 0 Å². The fourth-order valence-electron chi connectivity index (χ4n) is 2.97. The molecule has 3 rings (SSSR count). The van der Waals surface area contributed by atoms with Crippen LogP contribution in [0.4, 0.5) is 5.69 Å². The minimum absolute atomic E-state index is 0.221. The molecule has 0 spiro atoms. The lowest BCUT2D eigenvalue weighted by atomic mass is 10.0. The van der Waals surface area contributed by atoms with E-state index in [0.29, 0.717) is 0 Å². The number of anilines is 1. The molecule has 1 aromatic carbocycles. The second kappa shape index (κ2) is 5.54. The number of para-hydroxylation sites is 1. The lowest BCUT2D eigenvalue weighted by Gasteiger charge is -2.44. The number of benzene rings is 1. The van der Waals surface area contributed by atoms with Crippen molar-refractivity contribution in [1.82, 2.24) is 0 Å². The average molecular weight is 297 g/mol. The summed E-state index contributed by atoms with van der Waals surface area (Å²) >= 11 is 1.33. The van der Waals surface area contributed by atoms with Crippen LogP contribution in [0.2, 0.25) is 0 Å². The molecule has 1 fully saturated rings. The standard InChI is InChI=1S/C14H19NO4S/c16-7-10-11(17)12(18)13(19)14(20-10)15-6-5-8-3-1-2-4-9(8)15/h1-4,10-14,16-19H,5-7H2/t10-,11-,12+,13-,14-/m1/s1. The van der Waals surface area contributed by atoms with Gasteiger partial charge in [-0.05, 0) is 18.1 Å². The summed E-state index contributed by atoms with van der Waals surface area (Å²) in [5.74, 6) is 0. The lowest BCUT2D eigenvalue weighted by Crippen LogP contribution is -2.58. The van der Waals surface area contributed by atoms with Crippen molar-refractivity contribution in [3.63, 3.8) is 0 Å². The van der Waals surface area contributed by atoms with E-state index >= 15 is 0 Å². The quantitative estimate of drug-likeness (QED) is 0.593. The number of hydrogen-bond acceptors (Lipinski definition) is 6. The van der Waals surface area contributed by atoms with Gasteiger partial charge in [0.1, 0.15) is 17.6 Å². The van der Waals surface area contributed by atoms with Crippen LogP contribution < -0.4 is 4.90 Å². The molecule has 2 aliphatic rings. The first kappa shape index (κ1) is 14.2. The maximum Gasteiger partial charge on any atom is 0.112 e. The Kier molecular flexibility index (Phi) is 3.92. The maximum absolute atomic E-state index is 10.3. The molecule has 0 aliphatic carbocycles. The predicted molar refractivity (Wildman–Crippen MR) is 77.8 cm³/mol. The Morgan fingerprint density at radius 2 is 1.85 bits per heavy atom. The lowest BCUT2D eigenvalue weighted by molar-refractivity contribution is -0.0696. The third kappa shape index (κ3) is 2.21. The summed E-state index contributed by atoms with van der Waals surface area (Å²) in [7, 11) is 0. The number of aliphatic hydroxyl groups excluding tert-OH is 4. The summed E-state index contributed by atoms with van der Waals surface area (Å²) in [6.07, 6.45) is -2.47. The van der Waals surface area contributed by atoms with E-state index in [2.05, 4.69) is 11.0 Å². The highest BCUT2D eigenvalue weighted by molar-refractivity contribution is 8.00. The van der Waals surface area contributed by atoms with Gasteiger partial charge >= 0.3 is 0 Å². The van der Waals surface area contributed by atoms with Crippen LogP contribution in [0.1, 0.15) is 5.56 Å². The first-order valence-electron chi connectivity index (χ1n) is 6.78. The van der Waals surface area contributed by atoms with Gasteiger partial charge in [-0.3, -0.25) is 0 Å². The number of hydrogen-bond donors (Lipinski definition) is 4. The number of fused-ring (bicyclic) bond motifs is 1. The summed E-state index contributed by atoms with van der Waals surface area (Å²) in [6, 6.07) is 8.00. The van der Waals surface area contributed by atoms with Crippen LogP contribution in [0.3, 0.4) is 0 Å². The third-order valence-electron chi connectivity index (χ3n) is 4.10. The number of aliphatic hydroxyl groups is 4. The zero-order valence-corrected chi connectivity index (χ0v) is 11.8. The molecule has 0 unspecified atom stereocenters. The zero-order chi connectivity index (χ0) is 14.3. The highest BCUT2D eigenvalue weighted by Gasteiger charge is 2.46. The Bertz CT molecular complexity index is 484. The Morgan fingerprint density at radius 3 is 2.60 bits per heavy atom. The van der Waals surface area contributed by atoms with Crippen molar-refractivity contribution < 1.29 is 20.4 Å². The monoisotopic (exact) mass is 297 g/mol. The molecule has 1 aromatic rings. The largest absolute Gasteiger partial charge is 0.395 e. The molecular weight excluding hydrogens is 278 g/mol. The van der Waals surface area contributed by atoms with Gasteiger partial charge in [-0.15, -0.1) is 11.8 Å². The molecule has 20 heavy (non-hydrogen) atoms. The van der Waals surface area contributed by atoms with Gasteiger partial charge in [-0.2, -0.15) is 0 Å². The minimum atomic E-state index is -1.23. The molecule has 0 amide bonds. The highest BCUT2D eigenvalue weighted by atomic mass is 32.2. The van der Waals surface area contributed by atoms with Crippen molar-refractivity contribution >= 4 is 17.4 Å². The summed E-state index contributed by atoms with van der Waals surface area (Å²) in [5, 5.41) is 38.6. The smallest absolute Gasteiger partial charge is 0.112 e. The van der Waals surface area contributed by atoms with E-state index in [-0.39, 0.29) is 12.0 Å². The van der Waals surface area contributed by atoms with E-state index in [9.17, 15) is 20.4 Å². The molecular formula is C14H19NO4S. The normalized spacial score (nSPS) is 37.0. The Balaban J connectivity index is 1.87. The van der Waals surface area contributed by atoms with Gasteiger partial charge < -0.3 is 25.3 Å². The van der Waals surface area contributed by atoms with Gasteiger partial charge in [0.15, 0.2) is 0 Å². The van der Waals surface area contributed by atoms with Crippen LogP contribution in [-0.4, -0.2) is 62.5 Å². The van der Waals surface area contributed by atoms with Crippen LogP contribution in [0.15, 0.2) is 24.3 Å². The van der Waals surface area contributed by atoms with Crippen LogP contribution in [0.25, 0.3) is 0 Å². The third-order valence-corrected chi connectivity index (χ3v) is 5.69. The second-order valence-electron chi connectivity index (χ2n) is 5.29. The maximum atomic E-state index is 10.3. The van der Waals surface area contributed by atoms with Crippen LogP contribution in [0, 0.1) is 0 Å². The Labute approximate surface area is 121 Å². The molecule has 2 heterocycles. The molecule has 0 aromatic heterocycles. The van der Waals surface area contributed by atoms with Crippen LogP contribution >= 0.6 is 11.8 Å². The van der Waals surface area contributed by atoms with E-state index in [4.69, 9.17) is 0 Å². The van der Waals surface area contributed by atoms with Crippen molar-refractivity contribution in [3.8, 4) is 0 Å². The number of rotatable bonds is 2. The van der Waals surface area contributed by atoms with E-state index in [1.165, 1.54) is 17.3 Å². The summed E-state index contributed by atoms with van der Waals surface area (Å²) in [6.45, 7) is 0.552. The summed E-state index contributed by atoms with van der Waals surface area (Å²) in [5.41, 5.74) is 2.28.